The number of rotatable bonds is 5. The third kappa shape index (κ3) is 3.70. The Labute approximate surface area is 128 Å². The van der Waals surface area contributed by atoms with Gasteiger partial charge in [-0.3, -0.25) is 4.90 Å². The molecular formula is C15H21N3O2S. The van der Waals surface area contributed by atoms with Crippen molar-refractivity contribution in [2.24, 2.45) is 5.92 Å². The first-order chi connectivity index (χ1) is 10.2. The van der Waals surface area contributed by atoms with E-state index in [9.17, 15) is 5.11 Å². The highest BCUT2D eigenvalue weighted by molar-refractivity contribution is 7.08. The second kappa shape index (κ2) is 6.68. The van der Waals surface area contributed by atoms with E-state index in [1.165, 1.54) is 6.42 Å². The molecule has 0 aliphatic heterocycles. The van der Waals surface area contributed by atoms with E-state index in [-0.39, 0.29) is 6.10 Å². The molecule has 2 atom stereocenters. The molecule has 1 aliphatic carbocycles. The van der Waals surface area contributed by atoms with Crippen LogP contribution in [0.5, 0.6) is 0 Å². The highest BCUT2D eigenvalue weighted by Crippen LogP contribution is 2.25. The standard InChI is InChI=1S/C15H21N3O2S/c1-18(8-11-4-2-3-5-13(11)19)9-14-16-15(20-17-14)12-6-7-21-10-12/h6-7,10-11,13,19H,2-5,8-9H2,1H3. The SMILES string of the molecule is CN(Cc1noc(-c2ccsc2)n1)CC1CCCCC1O. The lowest BCUT2D eigenvalue weighted by molar-refractivity contribution is 0.0496. The highest BCUT2D eigenvalue weighted by Gasteiger charge is 2.24. The van der Waals surface area contributed by atoms with Crippen LogP contribution in [0, 0.1) is 5.92 Å². The lowest BCUT2D eigenvalue weighted by atomic mass is 9.86. The second-order valence-corrected chi connectivity index (χ2v) is 6.62. The van der Waals surface area contributed by atoms with E-state index in [0.29, 0.717) is 24.2 Å². The maximum Gasteiger partial charge on any atom is 0.258 e. The normalized spacial score (nSPS) is 22.8. The summed E-state index contributed by atoms with van der Waals surface area (Å²) in [6, 6.07) is 1.98. The fraction of sp³-hybridized carbons (Fsp3) is 0.600. The van der Waals surface area contributed by atoms with Crippen molar-refractivity contribution in [3.63, 3.8) is 0 Å². The molecule has 0 spiro atoms. The number of aliphatic hydroxyl groups is 1. The molecule has 1 N–H and O–H groups in total. The number of aromatic nitrogens is 2. The average Bonchev–Trinajstić information content (AvgIpc) is 3.12. The first-order valence-electron chi connectivity index (χ1n) is 7.44. The van der Waals surface area contributed by atoms with E-state index in [4.69, 9.17) is 4.52 Å². The minimum Gasteiger partial charge on any atom is -0.393 e. The molecule has 114 valence electrons. The maximum atomic E-state index is 10.0. The Morgan fingerprint density at radius 2 is 2.29 bits per heavy atom. The van der Waals surface area contributed by atoms with Crippen molar-refractivity contribution in [1.82, 2.24) is 15.0 Å². The molecule has 1 aliphatic rings. The molecule has 0 bridgehead atoms. The number of aliphatic hydroxyl groups excluding tert-OH is 1. The molecule has 5 nitrogen and oxygen atoms in total. The van der Waals surface area contributed by atoms with Gasteiger partial charge in [-0.25, -0.2) is 0 Å². The zero-order valence-corrected chi connectivity index (χ0v) is 13.1. The van der Waals surface area contributed by atoms with Crippen molar-refractivity contribution in [1.29, 1.82) is 0 Å². The summed E-state index contributed by atoms with van der Waals surface area (Å²) in [6.45, 7) is 1.53. The minimum atomic E-state index is -0.159. The van der Waals surface area contributed by atoms with Gasteiger partial charge in [0.15, 0.2) is 5.82 Å². The first kappa shape index (κ1) is 14.7. The highest BCUT2D eigenvalue weighted by atomic mass is 32.1. The van der Waals surface area contributed by atoms with Gasteiger partial charge in [0, 0.05) is 11.9 Å². The van der Waals surface area contributed by atoms with Gasteiger partial charge in [0.05, 0.1) is 18.2 Å². The second-order valence-electron chi connectivity index (χ2n) is 5.84. The van der Waals surface area contributed by atoms with E-state index >= 15 is 0 Å². The summed E-state index contributed by atoms with van der Waals surface area (Å²) >= 11 is 1.62. The molecule has 0 radical (unpaired) electrons. The van der Waals surface area contributed by atoms with E-state index in [1.807, 2.05) is 23.9 Å². The molecule has 2 heterocycles. The van der Waals surface area contributed by atoms with E-state index < -0.39 is 0 Å². The Balaban J connectivity index is 1.56. The molecule has 6 heteroatoms. The number of nitrogens with zero attached hydrogens (tertiary/aromatic N) is 3. The number of hydrogen-bond donors (Lipinski definition) is 1. The van der Waals surface area contributed by atoms with Gasteiger partial charge in [0.25, 0.3) is 5.89 Å². The molecule has 21 heavy (non-hydrogen) atoms. The van der Waals surface area contributed by atoms with Gasteiger partial charge in [-0.2, -0.15) is 16.3 Å². The van der Waals surface area contributed by atoms with Gasteiger partial charge >= 0.3 is 0 Å². The van der Waals surface area contributed by atoms with Crippen LogP contribution in [0.1, 0.15) is 31.5 Å². The maximum absolute atomic E-state index is 10.0. The summed E-state index contributed by atoms with van der Waals surface area (Å²) in [6.07, 6.45) is 4.25. The molecule has 2 unspecified atom stereocenters. The summed E-state index contributed by atoms with van der Waals surface area (Å²) in [5, 5.41) is 18.1. The van der Waals surface area contributed by atoms with Crippen LogP contribution < -0.4 is 0 Å². The lowest BCUT2D eigenvalue weighted by Crippen LogP contribution is -2.34. The third-order valence-corrected chi connectivity index (χ3v) is 4.75. The Bertz CT molecular complexity index is 555. The van der Waals surface area contributed by atoms with Crippen LogP contribution in [0.25, 0.3) is 11.5 Å². The Kier molecular flexibility index (Phi) is 4.67. The molecule has 0 amide bonds. The summed E-state index contributed by atoms with van der Waals surface area (Å²) in [5.74, 6) is 1.65. The molecule has 0 aromatic carbocycles. The zero-order valence-electron chi connectivity index (χ0n) is 12.2. The lowest BCUT2D eigenvalue weighted by Gasteiger charge is -2.30. The quantitative estimate of drug-likeness (QED) is 0.920. The van der Waals surface area contributed by atoms with Crippen molar-refractivity contribution in [2.45, 2.75) is 38.3 Å². The molecule has 1 saturated carbocycles. The topological polar surface area (TPSA) is 62.4 Å². The number of hydrogen-bond acceptors (Lipinski definition) is 6. The van der Waals surface area contributed by atoms with Gasteiger partial charge in [-0.05, 0) is 37.3 Å². The summed E-state index contributed by atoms with van der Waals surface area (Å²) in [7, 11) is 2.04. The minimum absolute atomic E-state index is 0.159. The molecule has 1 fully saturated rings. The van der Waals surface area contributed by atoms with Crippen LogP contribution >= 0.6 is 11.3 Å². The Morgan fingerprint density at radius 3 is 3.05 bits per heavy atom. The number of thiophene rings is 1. The first-order valence-corrected chi connectivity index (χ1v) is 8.38. The molecule has 2 aromatic rings. The summed E-state index contributed by atoms with van der Waals surface area (Å²) < 4.78 is 5.29. The Morgan fingerprint density at radius 1 is 1.43 bits per heavy atom. The average molecular weight is 307 g/mol. The predicted molar refractivity (Wildman–Crippen MR) is 81.9 cm³/mol. The van der Waals surface area contributed by atoms with Gasteiger partial charge in [0.1, 0.15) is 0 Å². The molecule has 3 rings (SSSR count). The van der Waals surface area contributed by atoms with Crippen molar-refractivity contribution in [3.8, 4) is 11.5 Å². The molecular weight excluding hydrogens is 286 g/mol. The summed E-state index contributed by atoms with van der Waals surface area (Å²) in [5.41, 5.74) is 0.976. The van der Waals surface area contributed by atoms with Crippen LogP contribution in [-0.2, 0) is 6.54 Å². The summed E-state index contributed by atoms with van der Waals surface area (Å²) in [4.78, 5) is 6.60. The van der Waals surface area contributed by atoms with Crippen LogP contribution in [0.4, 0.5) is 0 Å². The fourth-order valence-corrected chi connectivity index (χ4v) is 3.56. The Hall–Kier alpha value is -1.24. The van der Waals surface area contributed by atoms with Crippen LogP contribution in [0.3, 0.4) is 0 Å². The van der Waals surface area contributed by atoms with Crippen LogP contribution in [-0.4, -0.2) is 39.8 Å². The molecule has 0 saturated heterocycles. The zero-order chi connectivity index (χ0) is 14.7. The van der Waals surface area contributed by atoms with Crippen LogP contribution in [0.15, 0.2) is 21.3 Å². The van der Waals surface area contributed by atoms with Crippen LogP contribution in [0.2, 0.25) is 0 Å². The predicted octanol–water partition coefficient (Wildman–Crippen LogP) is 2.78. The van der Waals surface area contributed by atoms with Gasteiger partial charge in [-0.15, -0.1) is 0 Å². The fourth-order valence-electron chi connectivity index (χ4n) is 2.93. The van der Waals surface area contributed by atoms with Crippen molar-refractivity contribution in [2.75, 3.05) is 13.6 Å². The van der Waals surface area contributed by atoms with E-state index in [0.717, 1.165) is 31.4 Å². The van der Waals surface area contributed by atoms with E-state index in [1.54, 1.807) is 11.3 Å². The third-order valence-electron chi connectivity index (χ3n) is 4.06. The van der Waals surface area contributed by atoms with Crippen molar-refractivity contribution < 1.29 is 9.63 Å². The molecule has 2 aromatic heterocycles. The monoisotopic (exact) mass is 307 g/mol. The largest absolute Gasteiger partial charge is 0.393 e. The van der Waals surface area contributed by atoms with Crippen molar-refractivity contribution >= 4 is 11.3 Å². The van der Waals surface area contributed by atoms with Gasteiger partial charge in [0.2, 0.25) is 0 Å². The van der Waals surface area contributed by atoms with Crippen molar-refractivity contribution in [3.05, 3.63) is 22.7 Å². The van der Waals surface area contributed by atoms with E-state index in [2.05, 4.69) is 15.0 Å². The van der Waals surface area contributed by atoms with Gasteiger partial charge in [-0.1, -0.05) is 18.0 Å². The van der Waals surface area contributed by atoms with Gasteiger partial charge < -0.3 is 9.63 Å². The smallest absolute Gasteiger partial charge is 0.258 e.